The SMILES string of the molecule is Cc1ccc(OCc2ccc(C(=O)O)o2)c(NN=C(C#N)C#N)c1. The summed E-state index contributed by atoms with van der Waals surface area (Å²) in [6.07, 6.45) is 0. The van der Waals surface area contributed by atoms with Gasteiger partial charge in [-0.15, -0.1) is 0 Å². The predicted octanol–water partition coefficient (Wildman–Crippen LogP) is 2.68. The zero-order chi connectivity index (χ0) is 17.5. The topological polar surface area (TPSA) is 132 Å². The Morgan fingerprint density at radius 2 is 2.08 bits per heavy atom. The normalized spacial score (nSPS) is 9.46. The summed E-state index contributed by atoms with van der Waals surface area (Å²) in [7, 11) is 0. The van der Waals surface area contributed by atoms with E-state index in [1.165, 1.54) is 12.1 Å². The second kappa shape index (κ2) is 7.47. The van der Waals surface area contributed by atoms with Crippen molar-refractivity contribution in [2.24, 2.45) is 5.10 Å². The number of furan rings is 1. The maximum absolute atomic E-state index is 10.8. The average Bonchev–Trinajstić information content (AvgIpc) is 3.04. The standard InChI is InChI=1S/C16H12N4O4/c1-10-2-4-14(13(6-10)20-19-11(7-17)8-18)23-9-12-3-5-15(24-12)16(21)22/h2-6,20H,9H2,1H3,(H,21,22). The van der Waals surface area contributed by atoms with Crippen LogP contribution in [-0.2, 0) is 6.61 Å². The first-order valence-electron chi connectivity index (χ1n) is 6.73. The molecule has 8 nitrogen and oxygen atoms in total. The number of aromatic carboxylic acids is 1. The molecule has 24 heavy (non-hydrogen) atoms. The maximum atomic E-state index is 10.8. The van der Waals surface area contributed by atoms with E-state index in [-0.39, 0.29) is 18.1 Å². The van der Waals surface area contributed by atoms with Crippen LogP contribution in [0.5, 0.6) is 5.75 Å². The number of rotatable bonds is 6. The summed E-state index contributed by atoms with van der Waals surface area (Å²) in [5.74, 6) is -0.577. The average molecular weight is 324 g/mol. The Morgan fingerprint density at radius 3 is 2.71 bits per heavy atom. The lowest BCUT2D eigenvalue weighted by atomic mass is 10.2. The van der Waals surface area contributed by atoms with Gasteiger partial charge >= 0.3 is 5.97 Å². The Hall–Kier alpha value is -3.78. The number of anilines is 1. The third kappa shape index (κ3) is 4.12. The lowest BCUT2D eigenvalue weighted by Gasteiger charge is -2.10. The van der Waals surface area contributed by atoms with Crippen LogP contribution in [0.25, 0.3) is 0 Å². The summed E-state index contributed by atoms with van der Waals surface area (Å²) in [6.45, 7) is 1.87. The van der Waals surface area contributed by atoms with Crippen molar-refractivity contribution < 1.29 is 19.1 Å². The number of nitriles is 2. The minimum atomic E-state index is -1.16. The fraction of sp³-hybridized carbons (Fsp3) is 0.125. The highest BCUT2D eigenvalue weighted by Gasteiger charge is 2.10. The fourth-order valence-electron chi connectivity index (χ4n) is 1.77. The summed E-state index contributed by atoms with van der Waals surface area (Å²) in [5, 5.41) is 29.9. The Morgan fingerprint density at radius 1 is 1.33 bits per heavy atom. The molecular weight excluding hydrogens is 312 g/mol. The highest BCUT2D eigenvalue weighted by atomic mass is 16.5. The number of nitrogens with one attached hydrogen (secondary N) is 1. The van der Waals surface area contributed by atoms with E-state index in [0.29, 0.717) is 17.2 Å². The van der Waals surface area contributed by atoms with Gasteiger partial charge in [-0.3, -0.25) is 5.43 Å². The second-order valence-corrected chi connectivity index (χ2v) is 4.66. The number of carbonyl (C=O) groups is 1. The minimum Gasteiger partial charge on any atom is -0.483 e. The van der Waals surface area contributed by atoms with Gasteiger partial charge in [-0.25, -0.2) is 4.79 Å². The van der Waals surface area contributed by atoms with E-state index in [2.05, 4.69) is 10.5 Å². The first-order chi connectivity index (χ1) is 11.5. The molecule has 2 rings (SSSR count). The molecular formula is C16H12N4O4. The zero-order valence-corrected chi connectivity index (χ0v) is 12.6. The molecule has 0 saturated heterocycles. The molecule has 0 amide bonds. The second-order valence-electron chi connectivity index (χ2n) is 4.66. The smallest absolute Gasteiger partial charge is 0.371 e. The number of hydrogen-bond donors (Lipinski definition) is 2. The first kappa shape index (κ1) is 16.6. The summed E-state index contributed by atoms with van der Waals surface area (Å²) in [5.41, 5.74) is 3.67. The molecule has 1 heterocycles. The molecule has 0 fully saturated rings. The van der Waals surface area contributed by atoms with Crippen molar-refractivity contribution in [3.8, 4) is 17.9 Å². The third-order valence-electron chi connectivity index (χ3n) is 2.88. The number of hydrogen-bond acceptors (Lipinski definition) is 7. The van der Waals surface area contributed by atoms with Crippen LogP contribution < -0.4 is 10.2 Å². The highest BCUT2D eigenvalue weighted by Crippen LogP contribution is 2.27. The number of benzene rings is 1. The van der Waals surface area contributed by atoms with Crippen molar-refractivity contribution in [2.45, 2.75) is 13.5 Å². The van der Waals surface area contributed by atoms with Crippen LogP contribution >= 0.6 is 0 Å². The number of hydrazone groups is 1. The molecule has 0 saturated carbocycles. The summed E-state index contributed by atoms with van der Waals surface area (Å²) in [4.78, 5) is 10.8. The molecule has 0 aliphatic heterocycles. The van der Waals surface area contributed by atoms with E-state index >= 15 is 0 Å². The lowest BCUT2D eigenvalue weighted by Crippen LogP contribution is -2.01. The van der Waals surface area contributed by atoms with E-state index < -0.39 is 5.97 Å². The van der Waals surface area contributed by atoms with Gasteiger partial charge in [0.05, 0.1) is 5.69 Å². The molecule has 0 aliphatic carbocycles. The van der Waals surface area contributed by atoms with Crippen LogP contribution in [0.4, 0.5) is 5.69 Å². The van der Waals surface area contributed by atoms with Gasteiger partial charge in [-0.05, 0) is 36.8 Å². The van der Waals surface area contributed by atoms with Crippen molar-refractivity contribution >= 4 is 17.4 Å². The van der Waals surface area contributed by atoms with Crippen molar-refractivity contribution in [2.75, 3.05) is 5.43 Å². The van der Waals surface area contributed by atoms with Gasteiger partial charge in [0.25, 0.3) is 0 Å². The molecule has 0 aliphatic rings. The quantitative estimate of drug-likeness (QED) is 0.616. The lowest BCUT2D eigenvalue weighted by molar-refractivity contribution is 0.0658. The van der Waals surface area contributed by atoms with E-state index in [1.807, 2.05) is 13.0 Å². The first-order valence-corrected chi connectivity index (χ1v) is 6.73. The predicted molar refractivity (Wildman–Crippen MR) is 83.5 cm³/mol. The number of carboxylic acid groups (broad SMARTS) is 1. The molecule has 0 radical (unpaired) electrons. The van der Waals surface area contributed by atoms with Crippen LogP contribution in [-0.4, -0.2) is 16.8 Å². The van der Waals surface area contributed by atoms with Gasteiger partial charge in [0.15, 0.2) is 0 Å². The van der Waals surface area contributed by atoms with Gasteiger partial charge < -0.3 is 14.3 Å². The number of aryl methyl sites for hydroxylation is 1. The van der Waals surface area contributed by atoms with Gasteiger partial charge in [0.1, 0.15) is 30.3 Å². The van der Waals surface area contributed by atoms with Crippen molar-refractivity contribution in [1.82, 2.24) is 0 Å². The van der Waals surface area contributed by atoms with Gasteiger partial charge in [0, 0.05) is 0 Å². The largest absolute Gasteiger partial charge is 0.483 e. The monoisotopic (exact) mass is 324 g/mol. The fourth-order valence-corrected chi connectivity index (χ4v) is 1.77. The van der Waals surface area contributed by atoms with Crippen molar-refractivity contribution in [1.29, 1.82) is 10.5 Å². The molecule has 0 unspecified atom stereocenters. The zero-order valence-electron chi connectivity index (χ0n) is 12.6. The van der Waals surface area contributed by atoms with Crippen molar-refractivity contribution in [3.05, 3.63) is 47.4 Å². The Kier molecular flexibility index (Phi) is 5.17. The number of carboxylic acids is 1. The van der Waals surface area contributed by atoms with Crippen LogP contribution in [0.3, 0.4) is 0 Å². The summed E-state index contributed by atoms with van der Waals surface area (Å²) in [6, 6.07) is 11.4. The van der Waals surface area contributed by atoms with E-state index in [9.17, 15) is 4.79 Å². The van der Waals surface area contributed by atoms with Crippen LogP contribution in [0.15, 0.2) is 39.9 Å². The number of ether oxygens (including phenoxy) is 1. The molecule has 8 heteroatoms. The third-order valence-corrected chi connectivity index (χ3v) is 2.88. The minimum absolute atomic E-state index is 0.0120. The highest BCUT2D eigenvalue weighted by molar-refractivity contribution is 6.10. The van der Waals surface area contributed by atoms with E-state index in [4.69, 9.17) is 24.8 Å². The molecule has 2 N–H and O–H groups in total. The molecule has 120 valence electrons. The van der Waals surface area contributed by atoms with Crippen LogP contribution in [0, 0.1) is 29.6 Å². The molecule has 1 aromatic carbocycles. The van der Waals surface area contributed by atoms with Crippen molar-refractivity contribution in [3.63, 3.8) is 0 Å². The molecule has 0 spiro atoms. The van der Waals surface area contributed by atoms with Gasteiger partial charge in [-0.1, -0.05) is 6.07 Å². The summed E-state index contributed by atoms with van der Waals surface area (Å²) >= 11 is 0. The Labute approximate surface area is 137 Å². The molecule has 0 atom stereocenters. The maximum Gasteiger partial charge on any atom is 0.371 e. The van der Waals surface area contributed by atoms with Gasteiger partial charge in [-0.2, -0.15) is 15.6 Å². The Balaban J connectivity index is 2.15. The Bertz CT molecular complexity index is 855. The molecule has 1 aromatic heterocycles. The van der Waals surface area contributed by atoms with Crippen LogP contribution in [0.2, 0.25) is 0 Å². The number of nitrogens with zero attached hydrogens (tertiary/aromatic N) is 3. The summed E-state index contributed by atoms with van der Waals surface area (Å²) < 4.78 is 10.7. The van der Waals surface area contributed by atoms with E-state index in [1.54, 1.807) is 24.3 Å². The van der Waals surface area contributed by atoms with E-state index in [0.717, 1.165) is 5.56 Å². The molecule has 0 bridgehead atoms. The van der Waals surface area contributed by atoms with Gasteiger partial charge in [0.2, 0.25) is 11.5 Å². The van der Waals surface area contributed by atoms with Crippen LogP contribution in [0.1, 0.15) is 21.9 Å². The molecule has 2 aromatic rings.